The van der Waals surface area contributed by atoms with Gasteiger partial charge < -0.3 is 29.6 Å². The minimum atomic E-state index is -1.45. The molecule has 3 heterocycles. The van der Waals surface area contributed by atoms with E-state index < -0.39 is 23.5 Å². The number of fused-ring (bicyclic) bond motifs is 2. The number of amides is 1. The van der Waals surface area contributed by atoms with E-state index >= 15 is 0 Å². The van der Waals surface area contributed by atoms with E-state index in [4.69, 9.17) is 18.9 Å². The van der Waals surface area contributed by atoms with Crippen LogP contribution >= 0.6 is 0 Å². The lowest BCUT2D eigenvalue weighted by Gasteiger charge is -2.29. The molecule has 0 aromatic heterocycles. The third-order valence-electron chi connectivity index (χ3n) is 4.12. The van der Waals surface area contributed by atoms with Crippen LogP contribution in [0.3, 0.4) is 0 Å². The second-order valence-electron chi connectivity index (χ2n) is 6.41. The minimum Gasteiger partial charge on any atom is -0.419 e. The molecule has 1 aromatic carbocycles. The number of cyclic esters (lactones) is 2. The molecule has 2 fully saturated rings. The van der Waals surface area contributed by atoms with Crippen molar-refractivity contribution in [3.63, 3.8) is 0 Å². The second-order valence-corrected chi connectivity index (χ2v) is 6.41. The smallest absolute Gasteiger partial charge is 0.350 e. The molecular formula is C17H16N2O7. The minimum absolute atomic E-state index is 0.262. The highest BCUT2D eigenvalue weighted by Gasteiger charge is 2.52. The van der Waals surface area contributed by atoms with Gasteiger partial charge in [0.1, 0.15) is 0 Å². The van der Waals surface area contributed by atoms with Crippen LogP contribution in [0.2, 0.25) is 0 Å². The maximum absolute atomic E-state index is 12.2. The van der Waals surface area contributed by atoms with Gasteiger partial charge in [-0.2, -0.15) is 0 Å². The van der Waals surface area contributed by atoms with Crippen LogP contribution in [0.5, 0.6) is 0 Å². The first-order valence-corrected chi connectivity index (χ1v) is 7.98. The van der Waals surface area contributed by atoms with Gasteiger partial charge in [0.2, 0.25) is 0 Å². The Morgan fingerprint density at radius 1 is 1.08 bits per heavy atom. The molecule has 0 bridgehead atoms. The van der Waals surface area contributed by atoms with Crippen molar-refractivity contribution in [2.24, 2.45) is 0 Å². The summed E-state index contributed by atoms with van der Waals surface area (Å²) in [4.78, 5) is 36.1. The number of esters is 2. The van der Waals surface area contributed by atoms with E-state index in [1.807, 2.05) is 0 Å². The number of carbonyl (C=O) groups excluding carboxylic acids is 3. The highest BCUT2D eigenvalue weighted by molar-refractivity contribution is 6.15. The van der Waals surface area contributed by atoms with Crippen molar-refractivity contribution in [2.45, 2.75) is 25.4 Å². The summed E-state index contributed by atoms with van der Waals surface area (Å²) in [6, 6.07) is 5.00. The first kappa shape index (κ1) is 16.6. The number of hydrogen-bond acceptors (Lipinski definition) is 8. The van der Waals surface area contributed by atoms with Gasteiger partial charge in [-0.1, -0.05) is 0 Å². The molecule has 0 aliphatic carbocycles. The fraction of sp³-hybridized carbons (Fsp3) is 0.353. The van der Waals surface area contributed by atoms with Crippen molar-refractivity contribution in [1.29, 1.82) is 0 Å². The zero-order valence-corrected chi connectivity index (χ0v) is 14.1. The molecule has 9 nitrogen and oxygen atoms in total. The Morgan fingerprint density at radius 2 is 1.73 bits per heavy atom. The van der Waals surface area contributed by atoms with Crippen LogP contribution in [0.1, 0.15) is 19.4 Å². The van der Waals surface area contributed by atoms with Gasteiger partial charge in [0.05, 0.1) is 18.9 Å². The van der Waals surface area contributed by atoms with Crippen molar-refractivity contribution >= 4 is 29.2 Å². The summed E-state index contributed by atoms with van der Waals surface area (Å²) in [5.41, 5.74) is 1.37. The summed E-state index contributed by atoms with van der Waals surface area (Å²) in [5, 5.41) is 5.55. The summed E-state index contributed by atoms with van der Waals surface area (Å²) in [6.45, 7) is 3.56. The van der Waals surface area contributed by atoms with E-state index in [-0.39, 0.29) is 11.5 Å². The van der Waals surface area contributed by atoms with E-state index in [0.717, 1.165) is 0 Å². The Kier molecular flexibility index (Phi) is 3.53. The molecule has 26 heavy (non-hydrogen) atoms. The predicted octanol–water partition coefficient (Wildman–Crippen LogP) is 0.970. The quantitative estimate of drug-likeness (QED) is 0.456. The summed E-state index contributed by atoms with van der Waals surface area (Å²) in [7, 11) is 0. The van der Waals surface area contributed by atoms with E-state index in [0.29, 0.717) is 30.2 Å². The highest BCUT2D eigenvalue weighted by atomic mass is 16.7. The van der Waals surface area contributed by atoms with Gasteiger partial charge in [0, 0.05) is 31.3 Å². The third-order valence-corrected chi connectivity index (χ3v) is 4.12. The number of rotatable bonds is 2. The molecule has 136 valence electrons. The van der Waals surface area contributed by atoms with Crippen LogP contribution in [0, 0.1) is 0 Å². The molecule has 4 rings (SSSR count). The molecule has 0 radical (unpaired) electrons. The molecule has 3 aliphatic heterocycles. The van der Waals surface area contributed by atoms with Gasteiger partial charge in [0.15, 0.2) is 5.57 Å². The second kappa shape index (κ2) is 5.55. The van der Waals surface area contributed by atoms with Crippen LogP contribution in [0.25, 0.3) is 0 Å². The summed E-state index contributed by atoms with van der Waals surface area (Å²) < 4.78 is 21.1. The number of hydrogen-bond donors (Lipinski definition) is 2. The number of anilines is 2. The average Bonchev–Trinajstić information content (AvgIpc) is 3.14. The van der Waals surface area contributed by atoms with E-state index in [2.05, 4.69) is 10.6 Å². The normalized spacial score (nSPS) is 22.5. The Hall–Kier alpha value is -2.91. The lowest BCUT2D eigenvalue weighted by Crippen LogP contribution is -2.42. The van der Waals surface area contributed by atoms with Crippen molar-refractivity contribution in [2.75, 3.05) is 23.8 Å². The molecule has 2 saturated heterocycles. The molecule has 0 saturated carbocycles. The third kappa shape index (κ3) is 2.52. The lowest BCUT2D eigenvalue weighted by molar-refractivity contribution is -0.222. The molecule has 1 aromatic rings. The van der Waals surface area contributed by atoms with Crippen molar-refractivity contribution < 1.29 is 33.3 Å². The Labute approximate surface area is 148 Å². The first-order chi connectivity index (χ1) is 12.3. The van der Waals surface area contributed by atoms with Crippen LogP contribution in [-0.4, -0.2) is 36.8 Å². The number of benzene rings is 1. The monoisotopic (exact) mass is 360 g/mol. The highest BCUT2D eigenvalue weighted by Crippen LogP contribution is 2.43. The maximum atomic E-state index is 12.2. The molecule has 0 atom stereocenters. The van der Waals surface area contributed by atoms with Crippen LogP contribution in [-0.2, 0) is 39.1 Å². The molecule has 9 heteroatoms. The molecular weight excluding hydrogens is 344 g/mol. The summed E-state index contributed by atoms with van der Waals surface area (Å²) >= 11 is 0. The Bertz CT molecular complexity index is 831. The van der Waals surface area contributed by atoms with Gasteiger partial charge in [0.25, 0.3) is 17.5 Å². The molecule has 0 unspecified atom stereocenters. The van der Waals surface area contributed by atoms with Gasteiger partial charge in [-0.3, -0.25) is 4.79 Å². The molecule has 1 spiro atoms. The van der Waals surface area contributed by atoms with Crippen LogP contribution < -0.4 is 10.6 Å². The summed E-state index contributed by atoms with van der Waals surface area (Å²) in [5.74, 6) is -4.70. The molecule has 1 amide bonds. The Morgan fingerprint density at radius 3 is 2.38 bits per heavy atom. The van der Waals surface area contributed by atoms with Gasteiger partial charge in [-0.05, 0) is 18.2 Å². The van der Waals surface area contributed by atoms with E-state index in [9.17, 15) is 14.4 Å². The van der Waals surface area contributed by atoms with E-state index in [1.54, 1.807) is 18.2 Å². The van der Waals surface area contributed by atoms with Crippen molar-refractivity contribution in [3.05, 3.63) is 35.5 Å². The largest absolute Gasteiger partial charge is 0.419 e. The first-order valence-electron chi connectivity index (χ1n) is 7.98. The average molecular weight is 360 g/mol. The fourth-order valence-corrected chi connectivity index (χ4v) is 2.98. The topological polar surface area (TPSA) is 112 Å². The van der Waals surface area contributed by atoms with Gasteiger partial charge in [-0.15, -0.1) is 0 Å². The van der Waals surface area contributed by atoms with Gasteiger partial charge in [-0.25, -0.2) is 9.59 Å². The van der Waals surface area contributed by atoms with Gasteiger partial charge >= 0.3 is 11.9 Å². The predicted molar refractivity (Wildman–Crippen MR) is 86.6 cm³/mol. The number of nitrogens with one attached hydrogen (secondary N) is 2. The number of ether oxygens (including phenoxy) is 4. The molecule has 2 N–H and O–H groups in total. The lowest BCUT2D eigenvalue weighted by atomic mass is 10.1. The molecule has 3 aliphatic rings. The SMILES string of the molecule is CC1(C)OC(=O)C(=CNc2ccc3c(c2)C2(OCCO2)C(=O)N3)C(=O)O1. The van der Waals surface area contributed by atoms with Crippen molar-refractivity contribution in [1.82, 2.24) is 0 Å². The Balaban J connectivity index is 1.60. The van der Waals surface area contributed by atoms with Crippen LogP contribution in [0.4, 0.5) is 11.4 Å². The fourth-order valence-electron chi connectivity index (χ4n) is 2.98. The van der Waals surface area contributed by atoms with Crippen LogP contribution in [0.15, 0.2) is 30.0 Å². The summed E-state index contributed by atoms with van der Waals surface area (Å²) in [6.07, 6.45) is 1.20. The number of carbonyl (C=O) groups is 3. The zero-order valence-electron chi connectivity index (χ0n) is 14.1. The zero-order chi connectivity index (χ0) is 18.5. The van der Waals surface area contributed by atoms with E-state index in [1.165, 1.54) is 20.0 Å². The van der Waals surface area contributed by atoms with Crippen molar-refractivity contribution in [3.8, 4) is 0 Å². The standard InChI is InChI=1S/C17H16N2O7/c1-16(2)25-13(20)10(14(21)26-16)8-18-9-3-4-12-11(7-9)17(15(22)19-12)23-5-6-24-17/h3-4,7-8,18H,5-6H2,1-2H3,(H,19,22). The maximum Gasteiger partial charge on any atom is 0.350 e.